The molecule has 0 saturated carbocycles. The molecule has 0 fully saturated rings. The lowest BCUT2D eigenvalue weighted by molar-refractivity contribution is -0.117. The molecule has 2 heterocycles. The van der Waals surface area contributed by atoms with Crippen LogP contribution in [0, 0.1) is 0 Å². The van der Waals surface area contributed by atoms with Crippen LogP contribution < -0.4 is 5.32 Å². The quantitative estimate of drug-likeness (QED) is 0.823. The van der Waals surface area contributed by atoms with Gasteiger partial charge >= 0.3 is 6.09 Å². The van der Waals surface area contributed by atoms with Gasteiger partial charge in [-0.3, -0.25) is 14.5 Å². The largest absolute Gasteiger partial charge is 0.453 e. The maximum absolute atomic E-state index is 11.4. The van der Waals surface area contributed by atoms with Crippen molar-refractivity contribution in [2.75, 3.05) is 12.9 Å². The Balaban J connectivity index is 1.98. The van der Waals surface area contributed by atoms with Crippen LogP contribution >= 0.6 is 11.8 Å². The lowest BCUT2D eigenvalue weighted by atomic mass is 10.5. The highest BCUT2D eigenvalue weighted by molar-refractivity contribution is 7.99. The predicted octanol–water partition coefficient (Wildman–Crippen LogP) is 0.704. The van der Waals surface area contributed by atoms with E-state index in [1.165, 1.54) is 18.9 Å². The Morgan fingerprint density at radius 2 is 2.28 bits per heavy atom. The topological polar surface area (TPSA) is 85.6 Å². The minimum atomic E-state index is -0.772. The van der Waals surface area contributed by atoms with E-state index in [4.69, 9.17) is 0 Å². The van der Waals surface area contributed by atoms with E-state index >= 15 is 0 Å². The van der Waals surface area contributed by atoms with Gasteiger partial charge in [0, 0.05) is 6.20 Å². The van der Waals surface area contributed by atoms with Crippen LogP contribution in [-0.2, 0) is 9.53 Å². The van der Waals surface area contributed by atoms with Crippen molar-refractivity contribution in [1.82, 2.24) is 19.9 Å². The number of pyridine rings is 1. The molecule has 0 spiro atoms. The standard InChI is InChI=1S/C10H10N4O3S/c1-17-10(16)11-8(15)6-18-9-13-12-7-4-2-3-5-14(7)9/h2-5H,6H2,1H3,(H,11,15,16). The second kappa shape index (κ2) is 5.50. The van der Waals surface area contributed by atoms with Crippen LogP contribution in [0.5, 0.6) is 0 Å². The zero-order valence-corrected chi connectivity index (χ0v) is 10.3. The van der Waals surface area contributed by atoms with Crippen LogP contribution in [0.25, 0.3) is 5.65 Å². The molecule has 0 aliphatic carbocycles. The number of nitrogens with one attached hydrogen (secondary N) is 1. The van der Waals surface area contributed by atoms with Gasteiger partial charge in [0.25, 0.3) is 0 Å². The number of carbonyl (C=O) groups is 2. The van der Waals surface area contributed by atoms with Crippen molar-refractivity contribution >= 4 is 29.4 Å². The fourth-order valence-electron chi connectivity index (χ4n) is 1.25. The molecule has 0 aliphatic heterocycles. The van der Waals surface area contributed by atoms with E-state index < -0.39 is 12.0 Å². The summed E-state index contributed by atoms with van der Waals surface area (Å²) in [5.74, 6) is -0.385. The van der Waals surface area contributed by atoms with Gasteiger partial charge in [0.2, 0.25) is 5.91 Å². The number of imide groups is 1. The molecule has 2 rings (SSSR count). The van der Waals surface area contributed by atoms with E-state index in [0.717, 1.165) is 0 Å². The molecule has 0 unspecified atom stereocenters. The molecule has 7 nitrogen and oxygen atoms in total. The Labute approximate surface area is 107 Å². The summed E-state index contributed by atoms with van der Waals surface area (Å²) in [6, 6.07) is 5.50. The summed E-state index contributed by atoms with van der Waals surface area (Å²) >= 11 is 1.19. The Kier molecular flexibility index (Phi) is 3.78. The summed E-state index contributed by atoms with van der Waals surface area (Å²) in [5.41, 5.74) is 0.702. The third kappa shape index (κ3) is 2.77. The summed E-state index contributed by atoms with van der Waals surface area (Å²) in [7, 11) is 1.20. The first-order valence-electron chi connectivity index (χ1n) is 5.01. The highest BCUT2D eigenvalue weighted by Gasteiger charge is 2.11. The van der Waals surface area contributed by atoms with Gasteiger partial charge in [-0.05, 0) is 12.1 Å². The van der Waals surface area contributed by atoms with Crippen LogP contribution in [0.15, 0.2) is 29.6 Å². The number of thioether (sulfide) groups is 1. The number of nitrogens with zero attached hydrogens (tertiary/aromatic N) is 3. The van der Waals surface area contributed by atoms with E-state index in [-0.39, 0.29) is 5.75 Å². The lowest BCUT2D eigenvalue weighted by Crippen LogP contribution is -2.31. The summed E-state index contributed by atoms with van der Waals surface area (Å²) in [4.78, 5) is 22.2. The molecular formula is C10H10N4O3S. The molecular weight excluding hydrogens is 256 g/mol. The van der Waals surface area contributed by atoms with Gasteiger partial charge < -0.3 is 4.74 Å². The molecule has 0 radical (unpaired) electrons. The molecule has 0 aliphatic rings. The number of methoxy groups -OCH3 is 1. The minimum absolute atomic E-state index is 0.0603. The number of ether oxygens (including phenoxy) is 1. The minimum Gasteiger partial charge on any atom is -0.453 e. The van der Waals surface area contributed by atoms with Gasteiger partial charge in [0.05, 0.1) is 12.9 Å². The van der Waals surface area contributed by atoms with Gasteiger partial charge in [-0.25, -0.2) is 4.79 Å². The molecule has 0 bridgehead atoms. The number of amides is 2. The molecule has 94 valence electrons. The smallest absolute Gasteiger partial charge is 0.413 e. The first kappa shape index (κ1) is 12.4. The monoisotopic (exact) mass is 266 g/mol. The predicted molar refractivity (Wildman–Crippen MR) is 64.3 cm³/mol. The maximum atomic E-state index is 11.4. The highest BCUT2D eigenvalue weighted by Crippen LogP contribution is 2.15. The van der Waals surface area contributed by atoms with Gasteiger partial charge in [0.15, 0.2) is 10.8 Å². The van der Waals surface area contributed by atoms with Crippen LogP contribution in [0.4, 0.5) is 4.79 Å². The van der Waals surface area contributed by atoms with Crippen molar-refractivity contribution in [1.29, 1.82) is 0 Å². The lowest BCUT2D eigenvalue weighted by Gasteiger charge is -2.01. The summed E-state index contributed by atoms with van der Waals surface area (Å²) in [6.45, 7) is 0. The van der Waals surface area contributed by atoms with Gasteiger partial charge in [0.1, 0.15) is 0 Å². The number of carbonyl (C=O) groups excluding carboxylic acids is 2. The Bertz CT molecular complexity index is 583. The zero-order chi connectivity index (χ0) is 13.0. The molecule has 2 aromatic rings. The second-order valence-electron chi connectivity index (χ2n) is 3.24. The Morgan fingerprint density at radius 3 is 3.06 bits per heavy atom. The van der Waals surface area contributed by atoms with E-state index in [9.17, 15) is 9.59 Å². The SMILES string of the molecule is COC(=O)NC(=O)CSc1nnc2ccccn12. The molecule has 2 aromatic heterocycles. The summed E-state index contributed by atoms with van der Waals surface area (Å²) < 4.78 is 6.07. The number of alkyl carbamates (subject to hydrolysis) is 1. The number of fused-ring (bicyclic) bond motifs is 1. The average Bonchev–Trinajstić information content (AvgIpc) is 2.79. The number of rotatable bonds is 3. The van der Waals surface area contributed by atoms with E-state index in [2.05, 4.69) is 20.3 Å². The van der Waals surface area contributed by atoms with Crippen molar-refractivity contribution in [2.24, 2.45) is 0 Å². The van der Waals surface area contributed by atoms with Crippen molar-refractivity contribution < 1.29 is 14.3 Å². The summed E-state index contributed by atoms with van der Waals surface area (Å²) in [6.07, 6.45) is 1.03. The third-order valence-corrected chi connectivity index (χ3v) is 2.98. The maximum Gasteiger partial charge on any atom is 0.413 e. The first-order chi connectivity index (χ1) is 8.70. The van der Waals surface area contributed by atoms with Gasteiger partial charge in [-0.2, -0.15) is 0 Å². The fourth-order valence-corrected chi connectivity index (χ4v) is 1.97. The molecule has 0 aromatic carbocycles. The van der Waals surface area contributed by atoms with Crippen LogP contribution in [0.2, 0.25) is 0 Å². The van der Waals surface area contributed by atoms with E-state index in [1.54, 1.807) is 10.6 Å². The third-order valence-electron chi connectivity index (χ3n) is 2.04. The summed E-state index contributed by atoms with van der Waals surface area (Å²) in [5, 5.41) is 10.5. The fraction of sp³-hybridized carbons (Fsp3) is 0.200. The highest BCUT2D eigenvalue weighted by atomic mass is 32.2. The van der Waals surface area contributed by atoms with Gasteiger partial charge in [-0.15, -0.1) is 10.2 Å². The van der Waals surface area contributed by atoms with Crippen molar-refractivity contribution in [3.8, 4) is 0 Å². The molecule has 8 heteroatoms. The normalized spacial score (nSPS) is 10.3. The average molecular weight is 266 g/mol. The van der Waals surface area contributed by atoms with Crippen LogP contribution in [-0.4, -0.2) is 39.5 Å². The van der Waals surface area contributed by atoms with Crippen molar-refractivity contribution in [3.05, 3.63) is 24.4 Å². The van der Waals surface area contributed by atoms with Crippen LogP contribution in [0.1, 0.15) is 0 Å². The second-order valence-corrected chi connectivity index (χ2v) is 4.18. The molecule has 18 heavy (non-hydrogen) atoms. The van der Waals surface area contributed by atoms with Crippen molar-refractivity contribution in [3.63, 3.8) is 0 Å². The molecule has 0 atom stereocenters. The molecule has 0 saturated heterocycles. The molecule has 1 N–H and O–H groups in total. The van der Waals surface area contributed by atoms with E-state index in [1.807, 2.05) is 18.2 Å². The number of hydrogen-bond acceptors (Lipinski definition) is 6. The zero-order valence-electron chi connectivity index (χ0n) is 9.49. The Morgan fingerprint density at radius 1 is 1.44 bits per heavy atom. The molecule has 2 amide bonds. The first-order valence-corrected chi connectivity index (χ1v) is 5.99. The number of hydrogen-bond donors (Lipinski definition) is 1. The number of aromatic nitrogens is 3. The van der Waals surface area contributed by atoms with Crippen molar-refractivity contribution in [2.45, 2.75) is 5.16 Å². The van der Waals surface area contributed by atoms with Crippen LogP contribution in [0.3, 0.4) is 0 Å². The van der Waals surface area contributed by atoms with Gasteiger partial charge in [-0.1, -0.05) is 17.8 Å². The van der Waals surface area contributed by atoms with E-state index in [0.29, 0.717) is 10.8 Å². The Hall–Kier alpha value is -2.09.